The molecule has 0 radical (unpaired) electrons. The highest BCUT2D eigenvalue weighted by molar-refractivity contribution is 6.74. The molecule has 0 fully saturated rings. The monoisotopic (exact) mass is 490 g/mol. The lowest BCUT2D eigenvalue weighted by atomic mass is 9.89. The molecule has 1 rings (SSSR count). The zero-order chi connectivity index (χ0) is 26.1. The Balaban J connectivity index is 2.92. The van der Waals surface area contributed by atoms with Crippen LogP contribution in [0, 0.1) is 5.92 Å². The van der Waals surface area contributed by atoms with Gasteiger partial charge in [0, 0.05) is 19.4 Å². The Hall–Kier alpha value is -1.73. The Morgan fingerprint density at radius 2 is 1.71 bits per heavy atom. The van der Waals surface area contributed by atoms with Gasteiger partial charge in [0.25, 0.3) is 0 Å². The minimum atomic E-state index is -2.09. The van der Waals surface area contributed by atoms with Crippen molar-refractivity contribution < 1.29 is 23.4 Å². The predicted molar refractivity (Wildman–Crippen MR) is 143 cm³/mol. The summed E-state index contributed by atoms with van der Waals surface area (Å²) in [5.74, 6) is 0.853. The number of hydrogen-bond acceptors (Lipinski definition) is 5. The molecule has 0 aliphatic heterocycles. The Kier molecular flexibility index (Phi) is 11.9. The lowest BCUT2D eigenvalue weighted by Crippen LogP contribution is -2.48. The van der Waals surface area contributed by atoms with Gasteiger partial charge in [-0.15, -0.1) is 0 Å². The summed E-state index contributed by atoms with van der Waals surface area (Å²) < 4.78 is 23.7. The van der Waals surface area contributed by atoms with E-state index in [1.54, 1.807) is 21.1 Å². The quantitative estimate of drug-likeness (QED) is 0.125. The van der Waals surface area contributed by atoms with Crippen molar-refractivity contribution in [2.75, 3.05) is 20.8 Å². The lowest BCUT2D eigenvalue weighted by Gasteiger charge is -2.42. The van der Waals surface area contributed by atoms with E-state index >= 15 is 0 Å². The zero-order valence-corrected chi connectivity index (χ0v) is 24.0. The van der Waals surface area contributed by atoms with Crippen molar-refractivity contribution in [2.45, 2.75) is 84.9 Å². The van der Waals surface area contributed by atoms with Crippen LogP contribution in [0.1, 0.15) is 53.5 Å². The topological polar surface area (TPSA) is 54.0 Å². The molecular formula is C28H46O5Si. The molecule has 0 aliphatic carbocycles. The molecule has 0 amide bonds. The number of rotatable bonds is 14. The van der Waals surface area contributed by atoms with E-state index in [-0.39, 0.29) is 28.9 Å². The molecule has 0 saturated heterocycles. The first-order valence-corrected chi connectivity index (χ1v) is 14.9. The van der Waals surface area contributed by atoms with Crippen molar-refractivity contribution in [1.29, 1.82) is 0 Å². The molecule has 0 saturated carbocycles. The molecule has 0 aromatic heterocycles. The van der Waals surface area contributed by atoms with Crippen LogP contribution in [0.15, 0.2) is 48.1 Å². The van der Waals surface area contributed by atoms with E-state index in [1.165, 1.54) is 0 Å². The van der Waals surface area contributed by atoms with Gasteiger partial charge >= 0.3 is 0 Å². The molecule has 0 aliphatic rings. The van der Waals surface area contributed by atoms with Crippen LogP contribution in [0.5, 0.6) is 5.75 Å². The van der Waals surface area contributed by atoms with Gasteiger partial charge < -0.3 is 18.6 Å². The molecule has 3 atom stereocenters. The Bertz CT molecular complexity index is 820. The molecule has 1 aromatic carbocycles. The van der Waals surface area contributed by atoms with Crippen LogP contribution in [0.2, 0.25) is 18.1 Å². The van der Waals surface area contributed by atoms with Gasteiger partial charge in [-0.25, -0.2) is 0 Å². The molecule has 6 heteroatoms. The van der Waals surface area contributed by atoms with E-state index in [0.717, 1.165) is 16.9 Å². The van der Waals surface area contributed by atoms with Gasteiger partial charge in [-0.3, -0.25) is 4.79 Å². The Morgan fingerprint density at radius 3 is 2.18 bits per heavy atom. The smallest absolute Gasteiger partial charge is 0.192 e. The highest BCUT2D eigenvalue weighted by atomic mass is 28.4. The summed E-state index contributed by atoms with van der Waals surface area (Å²) in [5, 5.41) is 0.0417. The van der Waals surface area contributed by atoms with Gasteiger partial charge in [0.1, 0.15) is 5.75 Å². The van der Waals surface area contributed by atoms with Crippen LogP contribution >= 0.6 is 0 Å². The number of ketones is 1. The van der Waals surface area contributed by atoms with Crippen LogP contribution in [-0.4, -0.2) is 47.1 Å². The van der Waals surface area contributed by atoms with Crippen LogP contribution < -0.4 is 4.74 Å². The number of carbonyl (C=O) groups is 1. The third-order valence-corrected chi connectivity index (χ3v) is 11.3. The van der Waals surface area contributed by atoms with Crippen molar-refractivity contribution in [3.8, 4) is 5.75 Å². The molecule has 0 unspecified atom stereocenters. The molecule has 1 aromatic rings. The Labute approximate surface area is 208 Å². The van der Waals surface area contributed by atoms with E-state index in [0.29, 0.717) is 25.2 Å². The van der Waals surface area contributed by atoms with Gasteiger partial charge in [-0.05, 0) is 60.8 Å². The maximum atomic E-state index is 12.6. The van der Waals surface area contributed by atoms with E-state index in [1.807, 2.05) is 31.2 Å². The summed E-state index contributed by atoms with van der Waals surface area (Å²) >= 11 is 0. The normalized spacial score (nSPS) is 15.5. The van der Waals surface area contributed by atoms with E-state index < -0.39 is 8.32 Å². The van der Waals surface area contributed by atoms with Crippen LogP contribution in [0.25, 0.3) is 0 Å². The van der Waals surface area contributed by atoms with E-state index in [2.05, 4.69) is 53.4 Å². The summed E-state index contributed by atoms with van der Waals surface area (Å²) in [5.41, 5.74) is 2.71. The number of carbonyl (C=O) groups excluding carboxylic acids is 1. The molecular weight excluding hydrogens is 444 g/mol. The molecule has 192 valence electrons. The van der Waals surface area contributed by atoms with Crippen molar-refractivity contribution in [1.82, 2.24) is 0 Å². The van der Waals surface area contributed by atoms with Crippen molar-refractivity contribution in [3.05, 3.63) is 53.6 Å². The highest BCUT2D eigenvalue weighted by Gasteiger charge is 2.42. The molecule has 5 nitrogen and oxygen atoms in total. The fraction of sp³-hybridized carbons (Fsp3) is 0.607. The second-order valence-electron chi connectivity index (χ2n) is 10.7. The predicted octanol–water partition coefficient (Wildman–Crippen LogP) is 6.73. The first kappa shape index (κ1) is 30.3. The van der Waals surface area contributed by atoms with Crippen molar-refractivity contribution in [3.63, 3.8) is 0 Å². The molecule has 0 spiro atoms. The summed E-state index contributed by atoms with van der Waals surface area (Å²) in [4.78, 5) is 12.6. The maximum absolute atomic E-state index is 12.6. The summed E-state index contributed by atoms with van der Waals surface area (Å²) in [6.45, 7) is 21.8. The van der Waals surface area contributed by atoms with E-state index in [9.17, 15) is 4.79 Å². The maximum Gasteiger partial charge on any atom is 0.192 e. The van der Waals surface area contributed by atoms with Gasteiger partial charge in [-0.1, -0.05) is 52.5 Å². The van der Waals surface area contributed by atoms with Crippen molar-refractivity contribution >= 4 is 14.1 Å². The number of benzene rings is 1. The first-order valence-electron chi connectivity index (χ1n) is 12.0. The lowest BCUT2D eigenvalue weighted by molar-refractivity contribution is -0.118. The number of Topliss-reactive ketones (excluding diaryl/α,β-unsaturated/α-hetero) is 1. The van der Waals surface area contributed by atoms with Gasteiger partial charge in [-0.2, -0.15) is 0 Å². The van der Waals surface area contributed by atoms with Gasteiger partial charge in [0.2, 0.25) is 0 Å². The third kappa shape index (κ3) is 9.14. The second-order valence-corrected chi connectivity index (χ2v) is 15.4. The summed E-state index contributed by atoms with van der Waals surface area (Å²) in [6.07, 6.45) is 1.93. The fourth-order valence-corrected chi connectivity index (χ4v) is 4.87. The largest absolute Gasteiger partial charge is 0.497 e. The number of allylic oxidation sites excluding steroid dienone is 1. The summed E-state index contributed by atoms with van der Waals surface area (Å²) in [7, 11) is 1.27. The minimum absolute atomic E-state index is 0.0136. The minimum Gasteiger partial charge on any atom is -0.497 e. The molecule has 0 heterocycles. The Morgan fingerprint density at radius 1 is 1.12 bits per heavy atom. The van der Waals surface area contributed by atoms with Crippen molar-refractivity contribution in [2.24, 2.45) is 5.92 Å². The van der Waals surface area contributed by atoms with Crippen LogP contribution in [-0.2, 0) is 25.3 Å². The molecule has 0 bridgehead atoms. The average Bonchev–Trinajstić information content (AvgIpc) is 2.76. The summed E-state index contributed by atoms with van der Waals surface area (Å²) in [6, 6.07) is 7.85. The fourth-order valence-electron chi connectivity index (χ4n) is 3.46. The van der Waals surface area contributed by atoms with Crippen LogP contribution in [0.3, 0.4) is 0 Å². The SMILES string of the molecule is C=C(C)C(=O)C[C@H](O[Si](C)(C)C(C)(C)C)[C@H](C)[C@@H](OC)/C(C)=C/COCc1ccc(OC)cc1. The highest BCUT2D eigenvalue weighted by Crippen LogP contribution is 2.39. The standard InChI is InChI=1S/C28H46O5Si/c1-20(2)25(29)18-26(33-34(10,11)28(5,6)7)22(4)27(31-9)21(3)16-17-32-19-23-12-14-24(30-8)15-13-23/h12-16,22,26-27H,1,17-19H2,2-11H3/b21-16+/t22-,26-,27-/m0/s1. The number of hydrogen-bond donors (Lipinski definition) is 0. The number of methoxy groups -OCH3 is 2. The second kappa shape index (κ2) is 13.4. The van der Waals surface area contributed by atoms with Gasteiger partial charge in [0.05, 0.1) is 32.5 Å². The number of ether oxygens (including phenoxy) is 3. The third-order valence-electron chi connectivity index (χ3n) is 6.83. The first-order chi connectivity index (χ1) is 15.7. The molecule has 34 heavy (non-hydrogen) atoms. The zero-order valence-electron chi connectivity index (χ0n) is 23.0. The average molecular weight is 491 g/mol. The van der Waals surface area contributed by atoms with Crippen LogP contribution in [0.4, 0.5) is 0 Å². The molecule has 0 N–H and O–H groups in total. The van der Waals surface area contributed by atoms with Gasteiger partial charge in [0.15, 0.2) is 14.1 Å². The van der Waals surface area contributed by atoms with E-state index in [4.69, 9.17) is 18.6 Å².